The largest absolute Gasteiger partial charge is 0.454 e. The Labute approximate surface area is 171 Å². The number of non-ortho nitro benzene ring substituents is 1. The van der Waals surface area contributed by atoms with Crippen molar-refractivity contribution >= 4 is 39.1 Å². The molecule has 0 unspecified atom stereocenters. The van der Waals surface area contributed by atoms with Gasteiger partial charge in [-0.25, -0.2) is 13.2 Å². The van der Waals surface area contributed by atoms with Crippen molar-refractivity contribution in [3.63, 3.8) is 0 Å². The van der Waals surface area contributed by atoms with Crippen molar-refractivity contribution in [2.75, 3.05) is 11.9 Å². The summed E-state index contributed by atoms with van der Waals surface area (Å²) in [4.78, 5) is 38.2. The molecule has 0 fully saturated rings. The van der Waals surface area contributed by atoms with Gasteiger partial charge in [0.15, 0.2) is 6.61 Å². The maximum Gasteiger partial charge on any atom is 0.331 e. The Morgan fingerprint density at radius 3 is 2.53 bits per heavy atom. The molecule has 1 amide bonds. The second-order valence-electron chi connectivity index (χ2n) is 6.22. The minimum Gasteiger partial charge on any atom is -0.454 e. The lowest BCUT2D eigenvalue weighted by atomic mass is 10.2. The summed E-state index contributed by atoms with van der Waals surface area (Å²) in [5, 5.41) is 13.0. The first kappa shape index (κ1) is 20.9. The summed E-state index contributed by atoms with van der Waals surface area (Å²) < 4.78 is 31.3. The molecule has 1 aliphatic rings. The number of sulfonamides is 1. The van der Waals surface area contributed by atoms with Crippen LogP contribution < -0.4 is 10.0 Å². The highest BCUT2D eigenvalue weighted by Crippen LogP contribution is 2.22. The summed E-state index contributed by atoms with van der Waals surface area (Å²) in [7, 11) is -3.73. The first-order valence-electron chi connectivity index (χ1n) is 8.58. The molecule has 0 radical (unpaired) electrons. The van der Waals surface area contributed by atoms with E-state index in [1.165, 1.54) is 37.3 Å². The number of benzene rings is 2. The highest BCUT2D eigenvalue weighted by Gasteiger charge is 2.31. The molecule has 0 aromatic heterocycles. The number of amidine groups is 1. The standard InChI is InChI=1S/C18H16N4O7S/c1-11(19-17-14-4-2-3-5-15(14)30(27,28)21-17)18(24)29-10-16(23)20-12-6-8-13(9-7-12)22(25)26/h2-9,11H,10H2,1H3,(H,19,21)(H,20,23)/t11-/m0/s1. The topological polar surface area (TPSA) is 157 Å². The van der Waals surface area contributed by atoms with E-state index in [-0.39, 0.29) is 16.4 Å². The summed E-state index contributed by atoms with van der Waals surface area (Å²) in [6.07, 6.45) is 0. The van der Waals surface area contributed by atoms with Gasteiger partial charge < -0.3 is 10.1 Å². The first-order valence-corrected chi connectivity index (χ1v) is 10.1. The third kappa shape index (κ3) is 4.60. The molecule has 156 valence electrons. The van der Waals surface area contributed by atoms with Crippen molar-refractivity contribution in [2.24, 2.45) is 4.99 Å². The maximum absolute atomic E-state index is 12.1. The van der Waals surface area contributed by atoms with Crippen molar-refractivity contribution in [3.8, 4) is 0 Å². The van der Waals surface area contributed by atoms with E-state index in [2.05, 4.69) is 15.0 Å². The molecule has 11 nitrogen and oxygen atoms in total. The zero-order valence-electron chi connectivity index (χ0n) is 15.6. The molecule has 1 aliphatic heterocycles. The third-order valence-electron chi connectivity index (χ3n) is 4.03. The predicted octanol–water partition coefficient (Wildman–Crippen LogP) is 1.20. The second kappa shape index (κ2) is 8.29. The van der Waals surface area contributed by atoms with Crippen LogP contribution in [0.3, 0.4) is 0 Å². The molecular weight excluding hydrogens is 416 g/mol. The number of hydrogen-bond acceptors (Lipinski definition) is 8. The van der Waals surface area contributed by atoms with Crippen LogP contribution in [0, 0.1) is 10.1 Å². The van der Waals surface area contributed by atoms with E-state index >= 15 is 0 Å². The molecule has 0 saturated carbocycles. The quantitative estimate of drug-likeness (QED) is 0.394. The van der Waals surface area contributed by atoms with Gasteiger partial charge in [0.05, 0.1) is 9.82 Å². The molecule has 12 heteroatoms. The molecule has 30 heavy (non-hydrogen) atoms. The van der Waals surface area contributed by atoms with Gasteiger partial charge in [0.2, 0.25) is 0 Å². The summed E-state index contributed by atoms with van der Waals surface area (Å²) in [5.74, 6) is -1.46. The minimum atomic E-state index is -3.73. The number of hydrogen-bond donors (Lipinski definition) is 2. The van der Waals surface area contributed by atoms with E-state index in [0.717, 1.165) is 0 Å². The monoisotopic (exact) mass is 432 g/mol. The fraction of sp³-hybridized carbons (Fsp3) is 0.167. The lowest BCUT2D eigenvalue weighted by Crippen LogP contribution is -2.28. The Morgan fingerprint density at radius 2 is 1.87 bits per heavy atom. The van der Waals surface area contributed by atoms with Crippen molar-refractivity contribution < 1.29 is 27.7 Å². The van der Waals surface area contributed by atoms with E-state index in [0.29, 0.717) is 11.3 Å². The zero-order chi connectivity index (χ0) is 21.9. The SMILES string of the molecule is C[C@H](N=C1NS(=O)(=O)c2ccccc21)C(=O)OCC(=O)Nc1ccc([N+](=O)[O-])cc1. The number of nitrogens with zero attached hydrogens (tertiary/aromatic N) is 2. The van der Waals surface area contributed by atoms with Gasteiger partial charge in [-0.1, -0.05) is 12.1 Å². The number of carbonyl (C=O) groups is 2. The highest BCUT2D eigenvalue weighted by molar-refractivity contribution is 7.90. The summed E-state index contributed by atoms with van der Waals surface area (Å²) in [5.41, 5.74) is 0.511. The molecule has 0 spiro atoms. The van der Waals surface area contributed by atoms with Crippen LogP contribution in [-0.4, -0.2) is 43.7 Å². The van der Waals surface area contributed by atoms with Crippen LogP contribution >= 0.6 is 0 Å². The number of nitrogens with one attached hydrogen (secondary N) is 2. The number of carbonyl (C=O) groups excluding carboxylic acids is 2. The molecule has 2 aromatic carbocycles. The van der Waals surface area contributed by atoms with E-state index in [9.17, 15) is 28.1 Å². The van der Waals surface area contributed by atoms with Crippen molar-refractivity contribution in [2.45, 2.75) is 17.9 Å². The number of ether oxygens (including phenoxy) is 1. The van der Waals surface area contributed by atoms with Gasteiger partial charge >= 0.3 is 5.97 Å². The Kier molecular flexibility index (Phi) is 5.78. The van der Waals surface area contributed by atoms with E-state index in [1.807, 2.05) is 0 Å². The molecule has 1 heterocycles. The van der Waals surface area contributed by atoms with Gasteiger partial charge in [0.1, 0.15) is 11.9 Å². The van der Waals surface area contributed by atoms with Crippen molar-refractivity contribution in [1.82, 2.24) is 4.72 Å². The van der Waals surface area contributed by atoms with Crippen LogP contribution in [0.15, 0.2) is 58.4 Å². The van der Waals surface area contributed by atoms with E-state index in [1.54, 1.807) is 18.2 Å². The summed E-state index contributed by atoms with van der Waals surface area (Å²) in [6.45, 7) is 0.798. The van der Waals surface area contributed by atoms with Crippen LogP contribution in [0.5, 0.6) is 0 Å². The first-order chi connectivity index (χ1) is 14.2. The second-order valence-corrected chi connectivity index (χ2v) is 7.87. The number of fused-ring (bicyclic) bond motifs is 1. The Hall–Kier alpha value is -3.80. The highest BCUT2D eigenvalue weighted by atomic mass is 32.2. The van der Waals surface area contributed by atoms with Crippen LogP contribution in [0.25, 0.3) is 0 Å². The summed E-state index contributed by atoms with van der Waals surface area (Å²) >= 11 is 0. The number of rotatable bonds is 6. The van der Waals surface area contributed by atoms with Gasteiger partial charge in [-0.2, -0.15) is 0 Å². The lowest BCUT2D eigenvalue weighted by Gasteiger charge is -2.09. The van der Waals surface area contributed by atoms with Crippen molar-refractivity contribution in [3.05, 3.63) is 64.2 Å². The molecule has 2 N–H and O–H groups in total. The number of nitro groups is 1. The number of nitro benzene ring substituents is 1. The van der Waals surface area contributed by atoms with Gasteiger partial charge in [-0.05, 0) is 31.2 Å². The van der Waals surface area contributed by atoms with E-state index in [4.69, 9.17) is 4.74 Å². The molecule has 2 aromatic rings. The van der Waals surface area contributed by atoms with Crippen LogP contribution in [0.2, 0.25) is 0 Å². The zero-order valence-corrected chi connectivity index (χ0v) is 16.4. The minimum absolute atomic E-state index is 0.0189. The Bertz CT molecular complexity index is 1140. The summed E-state index contributed by atoms with van der Waals surface area (Å²) in [6, 6.07) is 10.3. The molecule has 1 atom stereocenters. The maximum atomic E-state index is 12.1. The average Bonchev–Trinajstić information content (AvgIpc) is 2.96. The molecular formula is C18H16N4O7S. The number of anilines is 1. The van der Waals surface area contributed by atoms with Crippen LogP contribution in [0.1, 0.15) is 12.5 Å². The average molecular weight is 432 g/mol. The molecule has 3 rings (SSSR count). The normalized spacial score (nSPS) is 16.2. The predicted molar refractivity (Wildman–Crippen MR) is 105 cm³/mol. The molecule has 0 bridgehead atoms. The smallest absolute Gasteiger partial charge is 0.331 e. The van der Waals surface area contributed by atoms with Gasteiger partial charge in [0.25, 0.3) is 21.6 Å². The van der Waals surface area contributed by atoms with Gasteiger partial charge in [0, 0.05) is 23.4 Å². The Balaban J connectivity index is 1.58. The fourth-order valence-electron chi connectivity index (χ4n) is 2.60. The number of amides is 1. The van der Waals surface area contributed by atoms with Crippen molar-refractivity contribution in [1.29, 1.82) is 0 Å². The van der Waals surface area contributed by atoms with Gasteiger partial charge in [-0.15, -0.1) is 0 Å². The molecule has 0 aliphatic carbocycles. The van der Waals surface area contributed by atoms with Crippen LogP contribution in [0.4, 0.5) is 11.4 Å². The number of esters is 1. The number of aliphatic imine (C=N–C) groups is 1. The lowest BCUT2D eigenvalue weighted by molar-refractivity contribution is -0.384. The third-order valence-corrected chi connectivity index (χ3v) is 5.43. The van der Waals surface area contributed by atoms with Crippen LogP contribution in [-0.2, 0) is 24.3 Å². The molecule has 0 saturated heterocycles. The van der Waals surface area contributed by atoms with E-state index < -0.39 is 39.5 Å². The van der Waals surface area contributed by atoms with Gasteiger partial charge in [-0.3, -0.25) is 24.6 Å². The Morgan fingerprint density at radius 1 is 1.20 bits per heavy atom. The fourth-order valence-corrected chi connectivity index (χ4v) is 3.84.